The average molecular weight is 295 g/mol. The Morgan fingerprint density at radius 3 is 3.00 bits per heavy atom. The molecule has 2 aromatic heterocycles. The van der Waals surface area contributed by atoms with Crippen LogP contribution < -0.4 is 4.74 Å². The fourth-order valence-electron chi connectivity index (χ4n) is 1.61. The third-order valence-electron chi connectivity index (χ3n) is 2.65. The van der Waals surface area contributed by atoms with Crippen molar-refractivity contribution in [1.82, 2.24) is 14.6 Å². The van der Waals surface area contributed by atoms with Gasteiger partial charge in [0.05, 0.1) is 12.4 Å². The van der Waals surface area contributed by atoms with E-state index in [1.807, 2.05) is 12.1 Å². The number of carboxylic acid groups (broad SMARTS) is 1. The van der Waals surface area contributed by atoms with Crippen LogP contribution in [0.4, 0.5) is 0 Å². The molecule has 0 aromatic carbocycles. The van der Waals surface area contributed by atoms with Crippen LogP contribution in [0.5, 0.6) is 5.75 Å². The van der Waals surface area contributed by atoms with Crippen molar-refractivity contribution in [2.24, 2.45) is 5.92 Å². The van der Waals surface area contributed by atoms with E-state index in [-0.39, 0.29) is 5.75 Å². The molecule has 1 N–H and O–H groups in total. The smallest absolute Gasteiger partial charge is 0.313 e. The van der Waals surface area contributed by atoms with E-state index in [4.69, 9.17) is 9.84 Å². The van der Waals surface area contributed by atoms with Gasteiger partial charge < -0.3 is 9.84 Å². The number of aliphatic carboxylic acids is 1. The van der Waals surface area contributed by atoms with Crippen molar-refractivity contribution in [3.8, 4) is 5.75 Å². The van der Waals surface area contributed by atoms with E-state index in [2.05, 4.69) is 24.0 Å². The predicted octanol–water partition coefficient (Wildman–Crippen LogP) is 2.33. The predicted molar refractivity (Wildman–Crippen MR) is 76.3 cm³/mol. The van der Waals surface area contributed by atoms with Gasteiger partial charge in [-0.05, 0) is 24.5 Å². The number of fused-ring (bicyclic) bond motifs is 1. The lowest BCUT2D eigenvalue weighted by Crippen LogP contribution is -2.03. The molecule has 0 spiro atoms. The summed E-state index contributed by atoms with van der Waals surface area (Å²) in [6.07, 6.45) is 2.77. The van der Waals surface area contributed by atoms with E-state index in [1.165, 1.54) is 0 Å². The molecule has 0 aliphatic heterocycles. The maximum Gasteiger partial charge on any atom is 0.313 e. The van der Waals surface area contributed by atoms with Crippen LogP contribution >= 0.6 is 11.8 Å². The SMILES string of the molecule is CC(C)CCOc1cccn2c(SCC(=O)O)nnc12. The third kappa shape index (κ3) is 3.63. The summed E-state index contributed by atoms with van der Waals surface area (Å²) in [6, 6.07) is 3.68. The molecule has 0 amide bonds. The molecule has 0 bridgehead atoms. The number of hydrogen-bond acceptors (Lipinski definition) is 5. The standard InChI is InChI=1S/C13H17N3O3S/c1-9(2)5-7-19-10-4-3-6-16-12(10)14-15-13(16)20-8-11(17)18/h3-4,6,9H,5,7-8H2,1-2H3,(H,17,18). The number of ether oxygens (including phenoxy) is 1. The van der Waals surface area contributed by atoms with Gasteiger partial charge in [-0.1, -0.05) is 25.6 Å². The normalized spacial score (nSPS) is 11.2. The second kappa shape index (κ2) is 6.60. The highest BCUT2D eigenvalue weighted by molar-refractivity contribution is 7.99. The van der Waals surface area contributed by atoms with Crippen LogP contribution in [0.15, 0.2) is 23.5 Å². The van der Waals surface area contributed by atoms with E-state index in [0.29, 0.717) is 29.1 Å². The summed E-state index contributed by atoms with van der Waals surface area (Å²) in [5.41, 5.74) is 0.615. The Hall–Kier alpha value is -1.76. The summed E-state index contributed by atoms with van der Waals surface area (Å²) in [5.74, 6) is 0.326. The van der Waals surface area contributed by atoms with Gasteiger partial charge in [0, 0.05) is 6.20 Å². The molecule has 0 aliphatic rings. The van der Waals surface area contributed by atoms with Crippen molar-refractivity contribution < 1.29 is 14.6 Å². The Morgan fingerprint density at radius 2 is 2.30 bits per heavy atom. The minimum absolute atomic E-state index is 0.0424. The highest BCUT2D eigenvalue weighted by Crippen LogP contribution is 2.23. The van der Waals surface area contributed by atoms with Gasteiger partial charge in [0.1, 0.15) is 0 Å². The molecule has 2 heterocycles. The maximum atomic E-state index is 10.6. The van der Waals surface area contributed by atoms with E-state index in [0.717, 1.165) is 18.2 Å². The number of nitrogens with zero attached hydrogens (tertiary/aromatic N) is 3. The molecule has 0 atom stereocenters. The fraction of sp³-hybridized carbons (Fsp3) is 0.462. The minimum atomic E-state index is -0.879. The molecule has 0 fully saturated rings. The molecule has 0 radical (unpaired) electrons. The Balaban J connectivity index is 2.14. The second-order valence-electron chi connectivity index (χ2n) is 4.76. The topological polar surface area (TPSA) is 76.7 Å². The van der Waals surface area contributed by atoms with Crippen LogP contribution in [-0.4, -0.2) is 38.0 Å². The molecule has 0 saturated carbocycles. The molecular formula is C13H17N3O3S. The minimum Gasteiger partial charge on any atom is -0.490 e. The van der Waals surface area contributed by atoms with Gasteiger partial charge in [0.15, 0.2) is 10.9 Å². The number of hydrogen-bond donors (Lipinski definition) is 1. The van der Waals surface area contributed by atoms with Crippen LogP contribution in [0.1, 0.15) is 20.3 Å². The lowest BCUT2D eigenvalue weighted by molar-refractivity contribution is -0.133. The van der Waals surface area contributed by atoms with Crippen LogP contribution in [0.2, 0.25) is 0 Å². The summed E-state index contributed by atoms with van der Waals surface area (Å²) in [4.78, 5) is 10.6. The van der Waals surface area contributed by atoms with Gasteiger partial charge in [0.2, 0.25) is 5.65 Å². The quantitative estimate of drug-likeness (QED) is 0.790. The van der Waals surface area contributed by atoms with Crippen LogP contribution in [0.25, 0.3) is 5.65 Å². The highest BCUT2D eigenvalue weighted by atomic mass is 32.2. The van der Waals surface area contributed by atoms with E-state index in [1.54, 1.807) is 10.6 Å². The zero-order chi connectivity index (χ0) is 14.5. The Bertz CT molecular complexity index is 598. The first-order valence-corrected chi connectivity index (χ1v) is 7.37. The van der Waals surface area contributed by atoms with Crippen molar-refractivity contribution in [2.75, 3.05) is 12.4 Å². The summed E-state index contributed by atoms with van der Waals surface area (Å²) in [7, 11) is 0. The zero-order valence-corrected chi connectivity index (χ0v) is 12.3. The monoisotopic (exact) mass is 295 g/mol. The van der Waals surface area contributed by atoms with E-state index >= 15 is 0 Å². The summed E-state index contributed by atoms with van der Waals surface area (Å²) in [6.45, 7) is 4.91. The van der Waals surface area contributed by atoms with Crippen molar-refractivity contribution >= 4 is 23.4 Å². The van der Waals surface area contributed by atoms with Gasteiger partial charge in [-0.25, -0.2) is 0 Å². The summed E-state index contributed by atoms with van der Waals surface area (Å²) >= 11 is 1.14. The van der Waals surface area contributed by atoms with E-state index in [9.17, 15) is 4.79 Å². The number of carboxylic acids is 1. The number of carbonyl (C=O) groups is 1. The zero-order valence-electron chi connectivity index (χ0n) is 11.4. The van der Waals surface area contributed by atoms with Crippen LogP contribution in [-0.2, 0) is 4.79 Å². The fourth-order valence-corrected chi connectivity index (χ4v) is 2.25. The van der Waals surface area contributed by atoms with Crippen molar-refractivity contribution in [2.45, 2.75) is 25.4 Å². The van der Waals surface area contributed by atoms with Crippen LogP contribution in [0, 0.1) is 5.92 Å². The Kier molecular flexibility index (Phi) is 4.84. The molecule has 0 unspecified atom stereocenters. The third-order valence-corrected chi connectivity index (χ3v) is 3.57. The molecule has 6 nitrogen and oxygen atoms in total. The highest BCUT2D eigenvalue weighted by Gasteiger charge is 2.12. The summed E-state index contributed by atoms with van der Waals surface area (Å²) in [5, 5.41) is 17.3. The first-order chi connectivity index (χ1) is 9.58. The van der Waals surface area contributed by atoms with E-state index < -0.39 is 5.97 Å². The Morgan fingerprint density at radius 1 is 1.50 bits per heavy atom. The second-order valence-corrected chi connectivity index (χ2v) is 5.70. The molecule has 2 rings (SSSR count). The number of rotatable bonds is 7. The first-order valence-electron chi connectivity index (χ1n) is 6.39. The largest absolute Gasteiger partial charge is 0.490 e. The molecule has 0 aliphatic carbocycles. The van der Waals surface area contributed by atoms with Gasteiger partial charge in [-0.3, -0.25) is 9.20 Å². The molecule has 108 valence electrons. The van der Waals surface area contributed by atoms with Crippen LogP contribution in [0.3, 0.4) is 0 Å². The molecule has 7 heteroatoms. The lowest BCUT2D eigenvalue weighted by Gasteiger charge is -2.08. The van der Waals surface area contributed by atoms with Crippen molar-refractivity contribution in [1.29, 1.82) is 0 Å². The molecule has 20 heavy (non-hydrogen) atoms. The number of pyridine rings is 1. The van der Waals surface area contributed by atoms with Gasteiger partial charge >= 0.3 is 5.97 Å². The average Bonchev–Trinajstić information content (AvgIpc) is 2.80. The maximum absolute atomic E-state index is 10.6. The van der Waals surface area contributed by atoms with Crippen molar-refractivity contribution in [3.05, 3.63) is 18.3 Å². The summed E-state index contributed by atoms with van der Waals surface area (Å²) < 4.78 is 7.47. The first kappa shape index (κ1) is 14.6. The number of aromatic nitrogens is 3. The van der Waals surface area contributed by atoms with Gasteiger partial charge in [0.25, 0.3) is 0 Å². The number of thioether (sulfide) groups is 1. The molecular weight excluding hydrogens is 278 g/mol. The molecule has 2 aromatic rings. The Labute approximate surface area is 121 Å². The lowest BCUT2D eigenvalue weighted by atomic mass is 10.1. The van der Waals surface area contributed by atoms with Gasteiger partial charge in [-0.2, -0.15) is 0 Å². The molecule has 0 saturated heterocycles. The van der Waals surface area contributed by atoms with Crippen molar-refractivity contribution in [3.63, 3.8) is 0 Å². The van der Waals surface area contributed by atoms with Gasteiger partial charge in [-0.15, -0.1) is 10.2 Å².